The molecule has 2 rings (SSSR count). The fourth-order valence-corrected chi connectivity index (χ4v) is 3.14. The summed E-state index contributed by atoms with van der Waals surface area (Å²) in [6.45, 7) is 2.20. The Morgan fingerprint density at radius 1 is 1.23 bits per heavy atom. The molecule has 1 saturated heterocycles. The Bertz CT molecular complexity index is 506. The average molecular weight is 369 g/mol. The van der Waals surface area contributed by atoms with Crippen LogP contribution in [-0.2, 0) is 14.3 Å². The van der Waals surface area contributed by atoms with Crippen LogP contribution < -0.4 is 0 Å². The number of carbonyl (C=O) groups excluding carboxylic acids is 1. The van der Waals surface area contributed by atoms with Crippen LogP contribution in [0.15, 0.2) is 24.0 Å². The van der Waals surface area contributed by atoms with Gasteiger partial charge in [0, 0.05) is 18.8 Å². The summed E-state index contributed by atoms with van der Waals surface area (Å²) in [7, 11) is 0. The van der Waals surface area contributed by atoms with Gasteiger partial charge in [0.2, 0.25) is 0 Å². The highest BCUT2D eigenvalue weighted by Gasteiger charge is 2.44. The predicted molar refractivity (Wildman–Crippen MR) is 95.8 cm³/mol. The van der Waals surface area contributed by atoms with Gasteiger partial charge in [0.05, 0.1) is 18.8 Å². The third-order valence-corrected chi connectivity index (χ3v) is 4.72. The Kier molecular flexibility index (Phi) is 8.58. The van der Waals surface area contributed by atoms with Crippen LogP contribution in [0, 0.1) is 0 Å². The standard InChI is InChI=1S/C19H31NO6/c1-2-3-4-5-6-7-11-25-19(24)14-9-8-10-20(12-14)18-17(23)16(22)15(13-21)26-18/h8,10,12,15-18,21-23H,2-7,9,11,13H2,1H3/t15-,16+,17?,18-/m1/s1. The van der Waals surface area contributed by atoms with Crippen LogP contribution in [0.1, 0.15) is 51.9 Å². The van der Waals surface area contributed by atoms with Gasteiger partial charge >= 0.3 is 5.97 Å². The van der Waals surface area contributed by atoms with Crippen molar-refractivity contribution in [3.05, 3.63) is 24.0 Å². The van der Waals surface area contributed by atoms with Gasteiger partial charge in [-0.2, -0.15) is 0 Å². The Balaban J connectivity index is 1.80. The van der Waals surface area contributed by atoms with E-state index >= 15 is 0 Å². The largest absolute Gasteiger partial charge is 0.462 e. The molecule has 0 aromatic rings. The smallest absolute Gasteiger partial charge is 0.335 e. The van der Waals surface area contributed by atoms with Gasteiger partial charge < -0.3 is 29.7 Å². The summed E-state index contributed by atoms with van der Waals surface area (Å²) in [6, 6.07) is 0. The number of hydrogen-bond donors (Lipinski definition) is 3. The summed E-state index contributed by atoms with van der Waals surface area (Å²) in [4.78, 5) is 13.8. The molecule has 0 aromatic carbocycles. The lowest BCUT2D eigenvalue weighted by Gasteiger charge is -2.28. The van der Waals surface area contributed by atoms with Gasteiger partial charge in [-0.25, -0.2) is 4.79 Å². The number of carbonyl (C=O) groups is 1. The Morgan fingerprint density at radius 3 is 2.65 bits per heavy atom. The topological polar surface area (TPSA) is 99.5 Å². The zero-order chi connectivity index (χ0) is 18.9. The van der Waals surface area contributed by atoms with Crippen molar-refractivity contribution in [3.63, 3.8) is 0 Å². The molecule has 7 nitrogen and oxygen atoms in total. The van der Waals surface area contributed by atoms with Gasteiger partial charge in [-0.1, -0.05) is 45.1 Å². The van der Waals surface area contributed by atoms with Gasteiger partial charge in [-0.15, -0.1) is 0 Å². The molecule has 0 radical (unpaired) electrons. The van der Waals surface area contributed by atoms with Crippen molar-refractivity contribution in [2.45, 2.75) is 76.4 Å². The third-order valence-electron chi connectivity index (χ3n) is 4.72. The van der Waals surface area contributed by atoms with E-state index in [1.165, 1.54) is 24.2 Å². The first kappa shape index (κ1) is 20.9. The van der Waals surface area contributed by atoms with Crippen LogP contribution in [0.2, 0.25) is 0 Å². The third kappa shape index (κ3) is 5.54. The van der Waals surface area contributed by atoms with Gasteiger partial charge in [0.15, 0.2) is 6.23 Å². The number of unbranched alkanes of at least 4 members (excludes halogenated alkanes) is 5. The summed E-state index contributed by atoms with van der Waals surface area (Å²) in [5, 5.41) is 29.1. The van der Waals surface area contributed by atoms with Gasteiger partial charge in [0.25, 0.3) is 0 Å². The number of nitrogens with zero attached hydrogens (tertiary/aromatic N) is 1. The summed E-state index contributed by atoms with van der Waals surface area (Å²) in [5.74, 6) is -0.375. The lowest BCUT2D eigenvalue weighted by molar-refractivity contribution is -0.139. The molecule has 1 fully saturated rings. The molecule has 0 aromatic heterocycles. The Morgan fingerprint density at radius 2 is 1.96 bits per heavy atom. The van der Waals surface area contributed by atoms with Crippen LogP contribution in [0.3, 0.4) is 0 Å². The minimum Gasteiger partial charge on any atom is -0.462 e. The molecular weight excluding hydrogens is 338 g/mol. The maximum atomic E-state index is 12.2. The molecule has 0 spiro atoms. The predicted octanol–water partition coefficient (Wildman–Crippen LogP) is 1.43. The Labute approximate surface area is 154 Å². The van der Waals surface area contributed by atoms with E-state index in [-0.39, 0.29) is 12.6 Å². The highest BCUT2D eigenvalue weighted by Crippen LogP contribution is 2.27. The molecule has 7 heteroatoms. The zero-order valence-corrected chi connectivity index (χ0v) is 15.4. The maximum Gasteiger partial charge on any atom is 0.335 e. The van der Waals surface area contributed by atoms with Crippen LogP contribution in [0.4, 0.5) is 0 Å². The molecule has 148 valence electrons. The van der Waals surface area contributed by atoms with E-state index in [4.69, 9.17) is 9.47 Å². The van der Waals surface area contributed by atoms with Gasteiger partial charge in [0.1, 0.15) is 18.3 Å². The van der Waals surface area contributed by atoms with Crippen LogP contribution in [-0.4, -0.2) is 63.9 Å². The molecule has 3 N–H and O–H groups in total. The van der Waals surface area contributed by atoms with Crippen molar-refractivity contribution in [1.82, 2.24) is 4.90 Å². The van der Waals surface area contributed by atoms with E-state index in [9.17, 15) is 20.1 Å². The summed E-state index contributed by atoms with van der Waals surface area (Å²) >= 11 is 0. The quantitative estimate of drug-likeness (QED) is 0.396. The first-order chi connectivity index (χ1) is 12.6. The van der Waals surface area contributed by atoms with E-state index in [2.05, 4.69) is 6.92 Å². The number of aliphatic hydroxyl groups is 3. The summed E-state index contributed by atoms with van der Waals surface area (Å²) in [6.07, 6.45) is 8.20. The molecule has 0 bridgehead atoms. The van der Waals surface area contributed by atoms with Gasteiger partial charge in [-0.05, 0) is 6.42 Å². The molecule has 1 unspecified atom stereocenters. The van der Waals surface area contributed by atoms with E-state index in [0.717, 1.165) is 19.3 Å². The van der Waals surface area contributed by atoms with Crippen molar-refractivity contribution < 1.29 is 29.6 Å². The lowest BCUT2D eigenvalue weighted by atomic mass is 10.1. The lowest BCUT2D eigenvalue weighted by Crippen LogP contribution is -2.40. The molecule has 2 aliphatic rings. The molecule has 2 heterocycles. The molecule has 0 saturated carbocycles. The molecule has 0 amide bonds. The second-order valence-electron chi connectivity index (χ2n) is 6.82. The van der Waals surface area contributed by atoms with E-state index in [0.29, 0.717) is 18.6 Å². The monoisotopic (exact) mass is 369 g/mol. The van der Waals surface area contributed by atoms with Crippen LogP contribution in [0.25, 0.3) is 0 Å². The van der Waals surface area contributed by atoms with Crippen molar-refractivity contribution >= 4 is 5.97 Å². The highest BCUT2D eigenvalue weighted by atomic mass is 16.6. The number of aliphatic hydroxyl groups excluding tert-OH is 3. The first-order valence-electron chi connectivity index (χ1n) is 9.52. The van der Waals surface area contributed by atoms with E-state index in [1.807, 2.05) is 0 Å². The fourth-order valence-electron chi connectivity index (χ4n) is 3.14. The second-order valence-corrected chi connectivity index (χ2v) is 6.82. The molecule has 26 heavy (non-hydrogen) atoms. The highest BCUT2D eigenvalue weighted by molar-refractivity contribution is 5.88. The summed E-state index contributed by atoms with van der Waals surface area (Å²) < 4.78 is 10.8. The van der Waals surface area contributed by atoms with Crippen LogP contribution in [0.5, 0.6) is 0 Å². The maximum absolute atomic E-state index is 12.2. The zero-order valence-electron chi connectivity index (χ0n) is 15.4. The minimum atomic E-state index is -1.17. The average Bonchev–Trinajstić information content (AvgIpc) is 2.95. The van der Waals surface area contributed by atoms with E-state index in [1.54, 1.807) is 18.5 Å². The van der Waals surface area contributed by atoms with Crippen LogP contribution >= 0.6 is 0 Å². The van der Waals surface area contributed by atoms with E-state index < -0.39 is 24.5 Å². The molecule has 4 atom stereocenters. The van der Waals surface area contributed by atoms with Crippen molar-refractivity contribution in [2.24, 2.45) is 0 Å². The number of esters is 1. The number of hydrogen-bond acceptors (Lipinski definition) is 7. The molecular formula is C19H31NO6. The fraction of sp³-hybridized carbons (Fsp3) is 0.737. The SMILES string of the molecule is CCCCCCCCOC(=O)C1=CN([C@@H]2O[C@H](CO)[C@H](O)C2O)C=CC1. The van der Waals surface area contributed by atoms with Crippen molar-refractivity contribution in [2.75, 3.05) is 13.2 Å². The number of allylic oxidation sites excluding steroid dienone is 1. The minimum absolute atomic E-state index is 0.375. The number of ether oxygens (including phenoxy) is 2. The van der Waals surface area contributed by atoms with Crippen molar-refractivity contribution in [1.29, 1.82) is 0 Å². The molecule has 0 aliphatic carbocycles. The normalized spacial score (nSPS) is 28.3. The summed E-state index contributed by atoms with van der Waals surface area (Å²) in [5.41, 5.74) is 0.469. The molecule has 2 aliphatic heterocycles. The first-order valence-corrected chi connectivity index (χ1v) is 9.52. The second kappa shape index (κ2) is 10.7. The Hall–Kier alpha value is -1.41. The van der Waals surface area contributed by atoms with Crippen molar-refractivity contribution in [3.8, 4) is 0 Å². The van der Waals surface area contributed by atoms with Gasteiger partial charge in [-0.3, -0.25) is 0 Å². The number of rotatable bonds is 10.